The Hall–Kier alpha value is -1.76. The highest BCUT2D eigenvalue weighted by Gasteiger charge is 2.15. The van der Waals surface area contributed by atoms with Crippen LogP contribution in [0.3, 0.4) is 0 Å². The van der Waals surface area contributed by atoms with Gasteiger partial charge in [0.1, 0.15) is 5.82 Å². The molecule has 0 amide bonds. The number of aromatic nitrogens is 4. The third kappa shape index (κ3) is 3.87. The molecule has 0 aromatic carbocycles. The molecule has 7 heteroatoms. The number of aryl methyl sites for hydroxylation is 2. The van der Waals surface area contributed by atoms with Crippen molar-refractivity contribution >= 4 is 17.7 Å². The highest BCUT2D eigenvalue weighted by molar-refractivity contribution is 7.99. The van der Waals surface area contributed by atoms with Crippen LogP contribution in [0.15, 0.2) is 23.7 Å². The Balaban J connectivity index is 2.16. The highest BCUT2D eigenvalue weighted by atomic mass is 32.2. The third-order valence-electron chi connectivity index (χ3n) is 3.25. The molecule has 21 heavy (non-hydrogen) atoms. The number of imidazole rings is 2. The van der Waals surface area contributed by atoms with Gasteiger partial charge >= 0.3 is 5.97 Å². The summed E-state index contributed by atoms with van der Waals surface area (Å²) < 4.78 is 4.10. The van der Waals surface area contributed by atoms with Gasteiger partial charge in [0.2, 0.25) is 0 Å². The molecule has 0 fully saturated rings. The van der Waals surface area contributed by atoms with E-state index >= 15 is 0 Å². The topological polar surface area (TPSA) is 72.9 Å². The second-order valence-electron chi connectivity index (χ2n) is 5.16. The van der Waals surface area contributed by atoms with Crippen molar-refractivity contribution in [3.8, 4) is 0 Å². The molecule has 2 rings (SSSR count). The zero-order valence-corrected chi connectivity index (χ0v) is 13.3. The molecule has 0 radical (unpaired) electrons. The Morgan fingerprint density at radius 1 is 1.43 bits per heavy atom. The number of aliphatic carboxylic acids is 1. The number of thioether (sulfide) groups is 1. The standard InChI is InChI=1S/C14H20N4O2S/c1-10(2)11-8-16-14(21-9-13(19)20)18(11)6-4-12-15-5-7-17(12)3/h5,7-8,10H,4,6,9H2,1-3H3,(H,19,20). The van der Waals surface area contributed by atoms with Crippen molar-refractivity contribution in [3.63, 3.8) is 0 Å². The maximum Gasteiger partial charge on any atom is 0.313 e. The molecule has 6 nitrogen and oxygen atoms in total. The molecule has 0 unspecified atom stereocenters. The van der Waals surface area contributed by atoms with Gasteiger partial charge in [-0.25, -0.2) is 9.97 Å². The first-order valence-corrected chi connectivity index (χ1v) is 7.83. The van der Waals surface area contributed by atoms with Crippen molar-refractivity contribution in [1.82, 2.24) is 19.1 Å². The molecule has 0 atom stereocenters. The van der Waals surface area contributed by atoms with E-state index in [1.165, 1.54) is 11.8 Å². The van der Waals surface area contributed by atoms with Crippen molar-refractivity contribution in [1.29, 1.82) is 0 Å². The summed E-state index contributed by atoms with van der Waals surface area (Å²) in [6, 6.07) is 0. The fraction of sp³-hybridized carbons (Fsp3) is 0.500. The number of carboxylic acid groups (broad SMARTS) is 1. The molecule has 0 aliphatic heterocycles. The predicted octanol–water partition coefficient (Wildman–Crippen LogP) is 2.16. The highest BCUT2D eigenvalue weighted by Crippen LogP contribution is 2.23. The van der Waals surface area contributed by atoms with E-state index in [1.54, 1.807) is 6.20 Å². The van der Waals surface area contributed by atoms with Crippen molar-refractivity contribution in [3.05, 3.63) is 30.1 Å². The molecule has 0 saturated carbocycles. The molecule has 114 valence electrons. The van der Waals surface area contributed by atoms with Gasteiger partial charge in [-0.15, -0.1) is 0 Å². The summed E-state index contributed by atoms with van der Waals surface area (Å²) in [5.74, 6) is 0.548. The molecule has 0 spiro atoms. The van der Waals surface area contributed by atoms with E-state index in [4.69, 9.17) is 5.11 Å². The largest absolute Gasteiger partial charge is 0.481 e. The Morgan fingerprint density at radius 2 is 2.19 bits per heavy atom. The van der Waals surface area contributed by atoms with Crippen molar-refractivity contribution in [2.75, 3.05) is 5.75 Å². The molecular weight excluding hydrogens is 288 g/mol. The normalized spacial score (nSPS) is 11.2. The first kappa shape index (κ1) is 15.6. The molecule has 0 bridgehead atoms. The van der Waals surface area contributed by atoms with Gasteiger partial charge < -0.3 is 14.2 Å². The van der Waals surface area contributed by atoms with E-state index in [0.717, 1.165) is 29.6 Å². The molecule has 0 aliphatic rings. The van der Waals surface area contributed by atoms with Gasteiger partial charge in [-0.05, 0) is 5.92 Å². The van der Waals surface area contributed by atoms with Crippen LogP contribution in [0.2, 0.25) is 0 Å². The van der Waals surface area contributed by atoms with Gasteiger partial charge in [0.05, 0.1) is 5.75 Å². The summed E-state index contributed by atoms with van der Waals surface area (Å²) in [5, 5.41) is 9.59. The molecule has 2 aromatic rings. The first-order chi connectivity index (χ1) is 9.99. The average Bonchev–Trinajstić information content (AvgIpc) is 3.00. The number of carboxylic acids is 1. The summed E-state index contributed by atoms with van der Waals surface area (Å²) >= 11 is 1.26. The van der Waals surface area contributed by atoms with Gasteiger partial charge in [-0.3, -0.25) is 4.79 Å². The smallest absolute Gasteiger partial charge is 0.313 e. The number of carbonyl (C=O) groups is 1. The summed E-state index contributed by atoms with van der Waals surface area (Å²) in [6.45, 7) is 4.97. The third-order valence-corrected chi connectivity index (χ3v) is 4.22. The summed E-state index contributed by atoms with van der Waals surface area (Å²) in [6.07, 6.45) is 6.34. The van der Waals surface area contributed by atoms with Crippen LogP contribution in [0.4, 0.5) is 0 Å². The summed E-state index contributed by atoms with van der Waals surface area (Å²) in [7, 11) is 1.97. The van der Waals surface area contributed by atoms with Gasteiger partial charge in [-0.2, -0.15) is 0 Å². The Morgan fingerprint density at radius 3 is 2.76 bits per heavy atom. The Kier molecular flexibility index (Phi) is 5.06. The van der Waals surface area contributed by atoms with Gasteiger partial charge in [0, 0.05) is 44.3 Å². The van der Waals surface area contributed by atoms with Gasteiger partial charge in [-0.1, -0.05) is 25.6 Å². The Bertz CT molecular complexity index is 618. The minimum Gasteiger partial charge on any atom is -0.481 e. The summed E-state index contributed by atoms with van der Waals surface area (Å²) in [4.78, 5) is 19.4. The molecule has 2 aromatic heterocycles. The van der Waals surface area contributed by atoms with E-state index in [2.05, 4.69) is 28.4 Å². The van der Waals surface area contributed by atoms with Crippen molar-refractivity contribution in [2.45, 2.75) is 37.9 Å². The average molecular weight is 308 g/mol. The van der Waals surface area contributed by atoms with Crippen LogP contribution in [0.1, 0.15) is 31.3 Å². The van der Waals surface area contributed by atoms with Crippen LogP contribution >= 0.6 is 11.8 Å². The second-order valence-corrected chi connectivity index (χ2v) is 6.10. The van der Waals surface area contributed by atoms with Crippen molar-refractivity contribution in [2.24, 2.45) is 7.05 Å². The van der Waals surface area contributed by atoms with E-state index in [-0.39, 0.29) is 5.75 Å². The monoisotopic (exact) mass is 308 g/mol. The lowest BCUT2D eigenvalue weighted by Gasteiger charge is -2.13. The van der Waals surface area contributed by atoms with E-state index in [9.17, 15) is 4.79 Å². The van der Waals surface area contributed by atoms with E-state index in [0.29, 0.717) is 5.92 Å². The second kappa shape index (κ2) is 6.80. The molecule has 1 N–H and O–H groups in total. The quantitative estimate of drug-likeness (QED) is 0.794. The first-order valence-electron chi connectivity index (χ1n) is 6.85. The van der Waals surface area contributed by atoms with Crippen LogP contribution in [0.5, 0.6) is 0 Å². The Labute approximate surface area is 128 Å². The number of hydrogen-bond acceptors (Lipinski definition) is 4. The fourth-order valence-electron chi connectivity index (χ4n) is 2.15. The predicted molar refractivity (Wildman–Crippen MR) is 81.6 cm³/mol. The number of nitrogens with zero attached hydrogens (tertiary/aromatic N) is 4. The van der Waals surface area contributed by atoms with Crippen LogP contribution in [-0.2, 0) is 24.8 Å². The number of rotatable bonds is 7. The zero-order chi connectivity index (χ0) is 15.4. The zero-order valence-electron chi connectivity index (χ0n) is 12.5. The van der Waals surface area contributed by atoms with Gasteiger partial charge in [0.25, 0.3) is 0 Å². The maximum atomic E-state index is 10.7. The summed E-state index contributed by atoms with van der Waals surface area (Å²) in [5.41, 5.74) is 1.12. The van der Waals surface area contributed by atoms with Crippen LogP contribution in [-0.4, -0.2) is 35.9 Å². The molecule has 0 saturated heterocycles. The molecule has 0 aliphatic carbocycles. The fourth-order valence-corrected chi connectivity index (χ4v) is 2.88. The lowest BCUT2D eigenvalue weighted by molar-refractivity contribution is -0.133. The molecular formula is C14H20N4O2S. The van der Waals surface area contributed by atoms with Gasteiger partial charge in [0.15, 0.2) is 5.16 Å². The minimum atomic E-state index is -0.829. The lowest BCUT2D eigenvalue weighted by Crippen LogP contribution is -2.11. The maximum absolute atomic E-state index is 10.7. The van der Waals surface area contributed by atoms with Crippen LogP contribution < -0.4 is 0 Å². The molecule has 2 heterocycles. The van der Waals surface area contributed by atoms with E-state index in [1.807, 2.05) is 24.0 Å². The van der Waals surface area contributed by atoms with Crippen molar-refractivity contribution < 1.29 is 9.90 Å². The number of hydrogen-bond donors (Lipinski definition) is 1. The lowest BCUT2D eigenvalue weighted by atomic mass is 10.1. The minimum absolute atomic E-state index is 0.0248. The van der Waals surface area contributed by atoms with Crippen LogP contribution in [0, 0.1) is 0 Å². The van der Waals surface area contributed by atoms with Crippen LogP contribution in [0.25, 0.3) is 0 Å². The van der Waals surface area contributed by atoms with E-state index < -0.39 is 5.97 Å². The SMILES string of the molecule is CC(C)c1cnc(SCC(=O)O)n1CCc1nccn1C.